The van der Waals surface area contributed by atoms with Crippen molar-refractivity contribution in [1.82, 2.24) is 30.0 Å². The molecule has 1 aliphatic carbocycles. The van der Waals surface area contributed by atoms with Crippen molar-refractivity contribution < 1.29 is 19.2 Å². The minimum absolute atomic E-state index is 0.0900. The standard InChI is InChI=1S/C39H44N6O4/c1-24(27-11-8-6-9-12-27)42-38(49)33-19-39-16-15-31(47)14-10-5-4-7-13-28-17-29(30-21-40-26(3)41-22-30)18-32-36(25(2)46)43-44(37(28)32)23-35(48)45(33)34(39)20-39/h6,8-9,11-12,17-18,21-22,24,33-34H,4-5,7,10,13-16,19-20,23H2,1-3H3,(H,42,49)/t24-,33-,34+,39-/m0/s1. The number of benzene rings is 2. The van der Waals surface area contributed by atoms with E-state index in [0.717, 1.165) is 66.3 Å². The molecule has 2 aliphatic heterocycles. The molecular weight excluding hydrogens is 616 g/mol. The van der Waals surface area contributed by atoms with Crippen LogP contribution < -0.4 is 5.32 Å². The van der Waals surface area contributed by atoms with E-state index in [1.165, 1.54) is 6.92 Å². The van der Waals surface area contributed by atoms with Crippen molar-refractivity contribution in [3.05, 3.63) is 77.5 Å². The van der Waals surface area contributed by atoms with Crippen LogP contribution in [0.5, 0.6) is 0 Å². The third-order valence-corrected chi connectivity index (χ3v) is 10.9. The molecule has 2 amide bonds. The summed E-state index contributed by atoms with van der Waals surface area (Å²) in [7, 11) is 0. The molecule has 0 spiro atoms. The highest BCUT2D eigenvalue weighted by molar-refractivity contribution is 6.07. The average molecular weight is 661 g/mol. The van der Waals surface area contributed by atoms with E-state index in [1.807, 2.05) is 50.2 Å². The van der Waals surface area contributed by atoms with Crippen molar-refractivity contribution in [1.29, 1.82) is 0 Å². The molecule has 1 saturated carbocycles. The van der Waals surface area contributed by atoms with Crippen LogP contribution in [0, 0.1) is 12.3 Å². The van der Waals surface area contributed by atoms with Crippen molar-refractivity contribution in [3.8, 4) is 11.1 Å². The Bertz CT molecular complexity index is 1920. The lowest BCUT2D eigenvalue weighted by atomic mass is 9.91. The zero-order valence-electron chi connectivity index (χ0n) is 28.6. The van der Waals surface area contributed by atoms with Gasteiger partial charge in [0.25, 0.3) is 0 Å². The minimum Gasteiger partial charge on any atom is -0.348 e. The second-order valence-corrected chi connectivity index (χ2v) is 14.3. The van der Waals surface area contributed by atoms with Gasteiger partial charge in [0.15, 0.2) is 5.78 Å². The fourth-order valence-corrected chi connectivity index (χ4v) is 8.10. The van der Waals surface area contributed by atoms with Crippen LogP contribution in [0.1, 0.15) is 105 Å². The predicted molar refractivity (Wildman–Crippen MR) is 186 cm³/mol. The number of carbonyl (C=O) groups excluding carboxylic acids is 4. The number of nitrogens with one attached hydrogen (secondary N) is 1. The lowest BCUT2D eigenvalue weighted by molar-refractivity contribution is -0.140. The van der Waals surface area contributed by atoms with Crippen LogP contribution in [0.2, 0.25) is 0 Å². The monoisotopic (exact) mass is 660 g/mol. The molecule has 254 valence electrons. The highest BCUT2D eigenvalue weighted by Crippen LogP contribution is 2.62. The number of ketones is 2. The number of nitrogens with zero attached hydrogens (tertiary/aromatic N) is 5. The summed E-state index contributed by atoms with van der Waals surface area (Å²) < 4.78 is 1.69. The van der Waals surface area contributed by atoms with Gasteiger partial charge in [0.05, 0.1) is 11.6 Å². The third-order valence-electron chi connectivity index (χ3n) is 10.9. The number of hydrogen-bond acceptors (Lipinski definition) is 7. The summed E-state index contributed by atoms with van der Waals surface area (Å²) in [6.07, 6.45) is 11.0. The summed E-state index contributed by atoms with van der Waals surface area (Å²) >= 11 is 0. The molecule has 2 fully saturated rings. The number of amides is 2. The molecule has 4 heterocycles. The zero-order valence-corrected chi connectivity index (χ0v) is 28.6. The molecule has 2 aromatic carbocycles. The largest absolute Gasteiger partial charge is 0.348 e. The molecule has 10 heteroatoms. The Hall–Kier alpha value is -4.73. The molecule has 3 aliphatic rings. The van der Waals surface area contributed by atoms with Gasteiger partial charge in [-0.15, -0.1) is 0 Å². The molecule has 4 aromatic rings. The Kier molecular flexibility index (Phi) is 8.90. The van der Waals surface area contributed by atoms with Crippen LogP contribution >= 0.6 is 0 Å². The molecule has 4 atom stereocenters. The highest BCUT2D eigenvalue weighted by atomic mass is 16.2. The van der Waals surface area contributed by atoms with E-state index in [0.29, 0.717) is 42.6 Å². The van der Waals surface area contributed by atoms with Gasteiger partial charge in [-0.3, -0.25) is 23.9 Å². The van der Waals surface area contributed by atoms with Crippen LogP contribution in [-0.2, 0) is 27.3 Å². The van der Waals surface area contributed by atoms with Gasteiger partial charge in [-0.05, 0) is 86.6 Å². The fraction of sp³-hybridized carbons (Fsp3) is 0.462. The minimum atomic E-state index is -0.645. The molecule has 1 saturated heterocycles. The summed E-state index contributed by atoms with van der Waals surface area (Å²) in [4.78, 5) is 64.9. The first-order valence-corrected chi connectivity index (χ1v) is 17.6. The molecule has 2 aromatic heterocycles. The fourth-order valence-electron chi connectivity index (χ4n) is 8.10. The Morgan fingerprint density at radius 1 is 0.939 bits per heavy atom. The molecular formula is C39H44N6O4. The van der Waals surface area contributed by atoms with E-state index in [2.05, 4.69) is 21.4 Å². The quantitative estimate of drug-likeness (QED) is 0.257. The molecule has 1 N–H and O–H groups in total. The van der Waals surface area contributed by atoms with E-state index >= 15 is 0 Å². The maximum atomic E-state index is 14.5. The maximum Gasteiger partial charge on any atom is 0.245 e. The van der Waals surface area contributed by atoms with E-state index < -0.39 is 6.04 Å². The number of aromatic nitrogens is 4. The van der Waals surface area contributed by atoms with Crippen LogP contribution in [0.15, 0.2) is 54.9 Å². The van der Waals surface area contributed by atoms with Crippen molar-refractivity contribution >= 4 is 34.3 Å². The van der Waals surface area contributed by atoms with Crippen LogP contribution in [0.3, 0.4) is 0 Å². The Labute approximate surface area is 286 Å². The summed E-state index contributed by atoms with van der Waals surface area (Å²) in [5.41, 5.74) is 4.57. The van der Waals surface area contributed by atoms with E-state index in [4.69, 9.17) is 5.10 Å². The predicted octanol–water partition coefficient (Wildman–Crippen LogP) is 6.10. The number of piperidine rings is 1. The summed E-state index contributed by atoms with van der Waals surface area (Å²) in [6, 6.07) is 12.9. The van der Waals surface area contributed by atoms with E-state index in [1.54, 1.807) is 22.0 Å². The topological polar surface area (TPSA) is 127 Å². The first kappa shape index (κ1) is 32.8. The second-order valence-electron chi connectivity index (χ2n) is 14.3. The molecule has 7 rings (SSSR count). The highest BCUT2D eigenvalue weighted by Gasteiger charge is 2.66. The number of aryl methyl sites for hydroxylation is 2. The lowest BCUT2D eigenvalue weighted by Crippen LogP contribution is -2.49. The van der Waals surface area contributed by atoms with Gasteiger partial charge in [0.2, 0.25) is 11.8 Å². The van der Waals surface area contributed by atoms with Crippen molar-refractivity contribution in [2.75, 3.05) is 0 Å². The Morgan fingerprint density at radius 3 is 2.41 bits per heavy atom. The third kappa shape index (κ3) is 6.53. The molecule has 0 radical (unpaired) electrons. The van der Waals surface area contributed by atoms with Crippen molar-refractivity contribution in [2.24, 2.45) is 5.41 Å². The average Bonchev–Trinajstić information content (AvgIpc) is 3.50. The summed E-state index contributed by atoms with van der Waals surface area (Å²) in [6.45, 7) is 5.20. The Morgan fingerprint density at radius 2 is 1.67 bits per heavy atom. The second kappa shape index (κ2) is 13.3. The van der Waals surface area contributed by atoms with Gasteiger partial charge in [0, 0.05) is 49.2 Å². The smallest absolute Gasteiger partial charge is 0.245 e. The molecule has 2 bridgehead atoms. The summed E-state index contributed by atoms with van der Waals surface area (Å²) in [5.74, 6) is 0.373. The number of carbonyl (C=O) groups is 4. The lowest BCUT2D eigenvalue weighted by Gasteiger charge is -2.28. The van der Waals surface area contributed by atoms with Crippen LogP contribution in [0.25, 0.3) is 22.0 Å². The summed E-state index contributed by atoms with van der Waals surface area (Å²) in [5, 5.41) is 8.63. The van der Waals surface area contributed by atoms with Crippen molar-refractivity contribution in [2.45, 2.75) is 110 Å². The molecule has 49 heavy (non-hydrogen) atoms. The molecule has 10 nitrogen and oxygen atoms in total. The Balaban J connectivity index is 1.27. The SMILES string of the molecule is CC(=O)c1nn2c3c(cc(-c4cnc(C)nc4)cc13)CCCCCCC(=O)CC[C@@]13C[C@@H](C(=O)N[C@@H](C)c4ccccc4)N(C(=O)C2)[C@@H]1C3. The van der Waals surface area contributed by atoms with Crippen LogP contribution in [0.4, 0.5) is 0 Å². The van der Waals surface area contributed by atoms with Gasteiger partial charge < -0.3 is 10.2 Å². The maximum absolute atomic E-state index is 14.5. The number of hydrogen-bond donors (Lipinski definition) is 1. The normalized spacial score (nSPS) is 23.5. The molecule has 0 unspecified atom stereocenters. The van der Waals surface area contributed by atoms with Gasteiger partial charge in [-0.1, -0.05) is 43.2 Å². The zero-order chi connectivity index (χ0) is 34.3. The first-order chi connectivity index (χ1) is 23.6. The van der Waals surface area contributed by atoms with Gasteiger partial charge in [0.1, 0.15) is 29.9 Å². The van der Waals surface area contributed by atoms with Gasteiger partial charge >= 0.3 is 0 Å². The van der Waals surface area contributed by atoms with Gasteiger partial charge in [-0.2, -0.15) is 5.10 Å². The van der Waals surface area contributed by atoms with E-state index in [9.17, 15) is 19.2 Å². The van der Waals surface area contributed by atoms with Gasteiger partial charge in [-0.25, -0.2) is 9.97 Å². The number of rotatable bonds is 5. The number of Topliss-reactive ketones (excluding diaryl/α,β-unsaturated/α-hetero) is 2. The van der Waals surface area contributed by atoms with Crippen molar-refractivity contribution in [3.63, 3.8) is 0 Å². The first-order valence-electron chi connectivity index (χ1n) is 17.6. The van der Waals surface area contributed by atoms with E-state index in [-0.39, 0.29) is 47.4 Å². The van der Waals surface area contributed by atoms with Crippen LogP contribution in [-0.4, -0.2) is 60.1 Å².